The van der Waals surface area contributed by atoms with E-state index in [4.69, 9.17) is 14.2 Å². The molecule has 0 saturated heterocycles. The predicted molar refractivity (Wildman–Crippen MR) is 114 cm³/mol. The SMILES string of the molecule is CCC(C)(C)C(=O)OCC(C)(COC(C)(C)C)C(=O)OCCC[P+](C)(C)C. The van der Waals surface area contributed by atoms with Crippen molar-refractivity contribution in [3.05, 3.63) is 0 Å². The number of carbonyl (C=O) groups excluding carboxylic acids is 2. The lowest BCUT2D eigenvalue weighted by Crippen LogP contribution is -2.43. The molecule has 0 aromatic heterocycles. The molecule has 0 saturated carbocycles. The molecule has 6 heteroatoms. The Morgan fingerprint density at radius 3 is 1.85 bits per heavy atom. The molecule has 0 radical (unpaired) electrons. The molecular weight excluding hydrogens is 363 g/mol. The Bertz CT molecular complexity index is 488. The third-order valence-electron chi connectivity index (χ3n) is 4.48. The van der Waals surface area contributed by atoms with Gasteiger partial charge in [0.05, 0.1) is 30.4 Å². The smallest absolute Gasteiger partial charge is 0.317 e. The van der Waals surface area contributed by atoms with Gasteiger partial charge in [0.1, 0.15) is 12.0 Å². The van der Waals surface area contributed by atoms with Gasteiger partial charge >= 0.3 is 11.9 Å². The van der Waals surface area contributed by atoms with Gasteiger partial charge in [-0.25, -0.2) is 0 Å². The van der Waals surface area contributed by atoms with E-state index in [9.17, 15) is 9.59 Å². The molecule has 0 aliphatic rings. The highest BCUT2D eigenvalue weighted by molar-refractivity contribution is 7.73. The quantitative estimate of drug-likeness (QED) is 0.285. The predicted octanol–water partition coefficient (Wildman–Crippen LogP) is 4.63. The number of hydrogen-bond donors (Lipinski definition) is 0. The third-order valence-corrected chi connectivity index (χ3v) is 6.14. The molecule has 0 amide bonds. The maximum absolute atomic E-state index is 12.8. The lowest BCUT2D eigenvalue weighted by molar-refractivity contribution is -0.174. The zero-order valence-corrected chi connectivity index (χ0v) is 20.1. The normalized spacial score (nSPS) is 15.2. The van der Waals surface area contributed by atoms with Crippen LogP contribution in [-0.2, 0) is 23.8 Å². The molecule has 0 N–H and O–H groups in total. The van der Waals surface area contributed by atoms with Crippen molar-refractivity contribution in [2.75, 3.05) is 46.0 Å². The van der Waals surface area contributed by atoms with Crippen molar-refractivity contribution in [2.45, 2.75) is 66.9 Å². The van der Waals surface area contributed by atoms with Gasteiger partial charge in [0, 0.05) is 33.7 Å². The van der Waals surface area contributed by atoms with Gasteiger partial charge in [-0.1, -0.05) is 6.92 Å². The van der Waals surface area contributed by atoms with Gasteiger partial charge in [0.25, 0.3) is 0 Å². The molecule has 0 fully saturated rings. The first kappa shape index (κ1) is 26.3. The largest absolute Gasteiger partial charge is 0.465 e. The summed E-state index contributed by atoms with van der Waals surface area (Å²) in [5.41, 5.74) is -2.00. The van der Waals surface area contributed by atoms with Crippen LogP contribution in [-0.4, -0.2) is 63.5 Å². The second-order valence-electron chi connectivity index (χ2n) is 10.3. The minimum Gasteiger partial charge on any atom is -0.465 e. The van der Waals surface area contributed by atoms with Gasteiger partial charge in [0.2, 0.25) is 0 Å². The van der Waals surface area contributed by atoms with Crippen LogP contribution in [0, 0.1) is 10.8 Å². The molecule has 0 heterocycles. The molecule has 0 spiro atoms. The van der Waals surface area contributed by atoms with E-state index in [1.807, 2.05) is 41.5 Å². The van der Waals surface area contributed by atoms with Crippen molar-refractivity contribution < 1.29 is 23.8 Å². The molecule has 5 nitrogen and oxygen atoms in total. The van der Waals surface area contributed by atoms with E-state index in [0.717, 1.165) is 12.6 Å². The highest BCUT2D eigenvalue weighted by Crippen LogP contribution is 2.46. The van der Waals surface area contributed by atoms with Crippen LogP contribution in [0.15, 0.2) is 0 Å². The molecule has 0 aromatic rings. The number of rotatable bonds is 11. The fourth-order valence-electron chi connectivity index (χ4n) is 1.98. The Labute approximate surface area is 167 Å². The Balaban J connectivity index is 4.97. The van der Waals surface area contributed by atoms with E-state index in [1.165, 1.54) is 0 Å². The lowest BCUT2D eigenvalue weighted by atomic mass is 9.89. The molecule has 160 valence electrons. The molecule has 1 unspecified atom stereocenters. The average Bonchev–Trinajstić information content (AvgIpc) is 2.52. The summed E-state index contributed by atoms with van der Waals surface area (Å²) in [6, 6.07) is 0. The molecule has 0 aromatic carbocycles. The third kappa shape index (κ3) is 11.0. The summed E-state index contributed by atoms with van der Waals surface area (Å²) >= 11 is 0. The summed E-state index contributed by atoms with van der Waals surface area (Å²) in [4.78, 5) is 25.1. The van der Waals surface area contributed by atoms with Gasteiger partial charge < -0.3 is 14.2 Å². The van der Waals surface area contributed by atoms with Crippen LogP contribution in [0.3, 0.4) is 0 Å². The Morgan fingerprint density at radius 1 is 0.852 bits per heavy atom. The number of hydrogen-bond acceptors (Lipinski definition) is 5. The van der Waals surface area contributed by atoms with Crippen molar-refractivity contribution in [2.24, 2.45) is 10.8 Å². The van der Waals surface area contributed by atoms with Crippen molar-refractivity contribution in [3.63, 3.8) is 0 Å². The van der Waals surface area contributed by atoms with E-state index >= 15 is 0 Å². The number of esters is 2. The van der Waals surface area contributed by atoms with Crippen molar-refractivity contribution in [3.8, 4) is 0 Å². The molecule has 0 rings (SSSR count). The van der Waals surface area contributed by atoms with E-state index < -0.39 is 23.7 Å². The first-order valence-electron chi connectivity index (χ1n) is 9.81. The summed E-state index contributed by atoms with van der Waals surface area (Å²) in [6.07, 6.45) is 2.60. The molecule has 0 aliphatic heterocycles. The maximum Gasteiger partial charge on any atom is 0.317 e. The van der Waals surface area contributed by atoms with E-state index in [1.54, 1.807) is 6.92 Å². The highest BCUT2D eigenvalue weighted by atomic mass is 31.2. The van der Waals surface area contributed by atoms with Gasteiger partial charge in [-0.2, -0.15) is 0 Å². The lowest BCUT2D eigenvalue weighted by Gasteiger charge is -2.32. The van der Waals surface area contributed by atoms with Crippen LogP contribution >= 0.6 is 7.26 Å². The van der Waals surface area contributed by atoms with Gasteiger partial charge in [-0.15, -0.1) is 0 Å². The maximum atomic E-state index is 12.8. The van der Waals surface area contributed by atoms with E-state index in [2.05, 4.69) is 20.0 Å². The Kier molecular flexibility index (Phi) is 9.95. The average molecular weight is 406 g/mol. The fraction of sp³-hybridized carbons (Fsp3) is 0.905. The molecular formula is C21H42O5P+. The minimum absolute atomic E-state index is 0.0452. The first-order chi connectivity index (χ1) is 12.0. The summed E-state index contributed by atoms with van der Waals surface area (Å²) in [5.74, 6) is -0.682. The van der Waals surface area contributed by atoms with E-state index in [0.29, 0.717) is 13.0 Å². The van der Waals surface area contributed by atoms with Crippen LogP contribution in [0.2, 0.25) is 0 Å². The molecule has 1 atom stereocenters. The van der Waals surface area contributed by atoms with Crippen LogP contribution in [0.25, 0.3) is 0 Å². The highest BCUT2D eigenvalue weighted by Gasteiger charge is 2.40. The standard InChI is InChI=1S/C21H42O5P/c1-11-20(5,6)17(22)25-15-21(7,16-26-19(2,3)4)18(23)24-13-12-14-27(8,9)10/h11-16H2,1-10H3/q+1. The summed E-state index contributed by atoms with van der Waals surface area (Å²) in [5, 5.41) is 0. The van der Waals surface area contributed by atoms with Crippen LogP contribution in [0.5, 0.6) is 0 Å². The number of carbonyl (C=O) groups is 2. The number of ether oxygens (including phenoxy) is 3. The monoisotopic (exact) mass is 405 g/mol. The molecule has 27 heavy (non-hydrogen) atoms. The van der Waals surface area contributed by atoms with Crippen LogP contribution < -0.4 is 0 Å². The van der Waals surface area contributed by atoms with Crippen LogP contribution in [0.1, 0.15) is 61.3 Å². The second-order valence-corrected chi connectivity index (χ2v) is 15.3. The molecule has 0 aliphatic carbocycles. The molecule has 0 bridgehead atoms. The zero-order valence-electron chi connectivity index (χ0n) is 19.2. The zero-order chi connectivity index (χ0) is 21.5. The van der Waals surface area contributed by atoms with Crippen molar-refractivity contribution in [1.82, 2.24) is 0 Å². The van der Waals surface area contributed by atoms with Crippen LogP contribution in [0.4, 0.5) is 0 Å². The van der Waals surface area contributed by atoms with Gasteiger partial charge in [-0.3, -0.25) is 9.59 Å². The summed E-state index contributed by atoms with van der Waals surface area (Å²) in [7, 11) is -0.885. The van der Waals surface area contributed by atoms with Gasteiger partial charge in [0.15, 0.2) is 0 Å². The summed E-state index contributed by atoms with van der Waals surface area (Å²) in [6.45, 7) is 20.4. The van der Waals surface area contributed by atoms with Crippen molar-refractivity contribution >= 4 is 19.2 Å². The summed E-state index contributed by atoms with van der Waals surface area (Å²) < 4.78 is 16.8. The van der Waals surface area contributed by atoms with E-state index in [-0.39, 0.29) is 25.2 Å². The van der Waals surface area contributed by atoms with Gasteiger partial charge in [-0.05, 0) is 48.0 Å². The second kappa shape index (κ2) is 10.2. The van der Waals surface area contributed by atoms with Crippen molar-refractivity contribution in [1.29, 1.82) is 0 Å². The fourth-order valence-corrected chi connectivity index (χ4v) is 3.06. The Hall–Kier alpha value is -0.670. The first-order valence-corrected chi connectivity index (χ1v) is 13.1. The Morgan fingerprint density at radius 2 is 1.41 bits per heavy atom. The topological polar surface area (TPSA) is 61.8 Å². The minimum atomic E-state index is -1.02.